The lowest BCUT2D eigenvalue weighted by molar-refractivity contribution is 0.669. The maximum Gasteiger partial charge on any atom is 0.182 e. The molecule has 9 aromatic rings. The third-order valence-corrected chi connectivity index (χ3v) is 8.54. The molecule has 0 fully saturated rings. The first kappa shape index (κ1) is 26.9. The molecule has 0 atom stereocenters. The molecule has 47 heavy (non-hydrogen) atoms. The minimum Gasteiger partial charge on any atom is -0.456 e. The molecule has 0 N–H and O–H groups in total. The lowest BCUT2D eigenvalue weighted by Crippen LogP contribution is -2.01. The highest BCUT2D eigenvalue weighted by atomic mass is 16.3. The van der Waals surface area contributed by atoms with Gasteiger partial charge in [0.15, 0.2) is 17.5 Å². The van der Waals surface area contributed by atoms with E-state index in [4.69, 9.17) is 24.4 Å². The van der Waals surface area contributed by atoms with Gasteiger partial charge in [0, 0.05) is 27.3 Å². The summed E-state index contributed by atoms with van der Waals surface area (Å²) in [5.41, 5.74) is 9.51. The topological polar surface area (TPSA) is 64.7 Å². The Morgan fingerprint density at radius 1 is 0.383 bits per heavy atom. The number of aromatic nitrogens is 4. The van der Waals surface area contributed by atoms with E-state index in [-0.39, 0.29) is 0 Å². The van der Waals surface area contributed by atoms with Gasteiger partial charge in [-0.25, -0.2) is 19.9 Å². The lowest BCUT2D eigenvalue weighted by Gasteiger charge is -2.10. The summed E-state index contributed by atoms with van der Waals surface area (Å²) in [5.74, 6) is 1.66. The van der Waals surface area contributed by atoms with E-state index in [1.807, 2.05) is 72.8 Å². The van der Waals surface area contributed by atoms with Gasteiger partial charge in [0.25, 0.3) is 0 Å². The number of hydrogen-bond donors (Lipinski definition) is 0. The van der Waals surface area contributed by atoms with Crippen molar-refractivity contribution >= 4 is 32.8 Å². The van der Waals surface area contributed by atoms with Crippen molar-refractivity contribution < 1.29 is 4.42 Å². The quantitative estimate of drug-likeness (QED) is 0.196. The summed E-state index contributed by atoms with van der Waals surface area (Å²) in [4.78, 5) is 20.0. The van der Waals surface area contributed by atoms with E-state index in [2.05, 4.69) is 84.9 Å². The van der Waals surface area contributed by atoms with Gasteiger partial charge >= 0.3 is 0 Å². The molecule has 0 amide bonds. The molecule has 0 radical (unpaired) electrons. The minimum atomic E-state index is 0.513. The number of hydrogen-bond acceptors (Lipinski definition) is 5. The van der Waals surface area contributed by atoms with Gasteiger partial charge in [0.2, 0.25) is 0 Å². The second-order valence-electron chi connectivity index (χ2n) is 11.5. The zero-order chi connectivity index (χ0) is 31.2. The van der Waals surface area contributed by atoms with Gasteiger partial charge < -0.3 is 4.42 Å². The van der Waals surface area contributed by atoms with E-state index in [9.17, 15) is 0 Å². The van der Waals surface area contributed by atoms with Crippen LogP contribution in [0.2, 0.25) is 0 Å². The number of nitrogens with zero attached hydrogens (tertiary/aromatic N) is 4. The standard InChI is InChI=1S/C42H26N4O/c1-4-11-27(12-5-1)30-20-23-35-32(25-30)21-24-36(43-35)42-45-40(29-15-8-3-9-16-29)44-41(46-42)34-17-10-18-37-39(34)33-22-19-31(26-38(33)47-37)28-13-6-2-7-14-28/h1-26H. The Balaban J connectivity index is 1.20. The van der Waals surface area contributed by atoms with Crippen molar-refractivity contribution in [3.63, 3.8) is 0 Å². The molecule has 220 valence electrons. The van der Waals surface area contributed by atoms with Crippen molar-refractivity contribution in [3.05, 3.63) is 158 Å². The van der Waals surface area contributed by atoms with Crippen LogP contribution in [-0.2, 0) is 0 Å². The molecule has 9 rings (SSSR count). The summed E-state index contributed by atoms with van der Waals surface area (Å²) in [7, 11) is 0. The zero-order valence-corrected chi connectivity index (χ0v) is 25.2. The monoisotopic (exact) mass is 602 g/mol. The summed E-state index contributed by atoms with van der Waals surface area (Å²) in [6.07, 6.45) is 0. The molecule has 0 aliphatic heterocycles. The van der Waals surface area contributed by atoms with Crippen LogP contribution >= 0.6 is 0 Å². The molecule has 0 saturated carbocycles. The zero-order valence-electron chi connectivity index (χ0n) is 25.2. The van der Waals surface area contributed by atoms with Crippen LogP contribution in [0, 0.1) is 0 Å². The fourth-order valence-electron chi connectivity index (χ4n) is 6.21. The molecule has 3 aromatic heterocycles. The van der Waals surface area contributed by atoms with Crippen LogP contribution in [0.15, 0.2) is 162 Å². The lowest BCUT2D eigenvalue weighted by atomic mass is 10.0. The fraction of sp³-hybridized carbons (Fsp3) is 0. The van der Waals surface area contributed by atoms with E-state index >= 15 is 0 Å². The summed E-state index contributed by atoms with van der Waals surface area (Å²) in [6.45, 7) is 0. The summed E-state index contributed by atoms with van der Waals surface area (Å²) < 4.78 is 6.41. The first-order valence-electron chi connectivity index (χ1n) is 15.6. The summed E-state index contributed by atoms with van der Waals surface area (Å²) in [6, 6.07) is 53.5. The average Bonchev–Trinajstić information content (AvgIpc) is 3.53. The van der Waals surface area contributed by atoms with E-state index in [1.165, 1.54) is 5.56 Å². The van der Waals surface area contributed by atoms with Gasteiger partial charge in [-0.15, -0.1) is 0 Å². The molecule has 0 saturated heterocycles. The highest BCUT2D eigenvalue weighted by Gasteiger charge is 2.19. The van der Waals surface area contributed by atoms with Crippen LogP contribution in [0.25, 0.3) is 89.4 Å². The second kappa shape index (κ2) is 11.2. The largest absolute Gasteiger partial charge is 0.456 e. The van der Waals surface area contributed by atoms with Crippen molar-refractivity contribution in [2.75, 3.05) is 0 Å². The summed E-state index contributed by atoms with van der Waals surface area (Å²) in [5, 5.41) is 3.03. The smallest absolute Gasteiger partial charge is 0.182 e. The first-order valence-corrected chi connectivity index (χ1v) is 15.6. The molecule has 0 unspecified atom stereocenters. The molecule has 3 heterocycles. The van der Waals surface area contributed by atoms with E-state index < -0.39 is 0 Å². The van der Waals surface area contributed by atoms with Crippen LogP contribution < -0.4 is 0 Å². The minimum absolute atomic E-state index is 0.513. The third kappa shape index (κ3) is 4.91. The number of rotatable bonds is 5. The third-order valence-electron chi connectivity index (χ3n) is 8.54. The van der Waals surface area contributed by atoms with Crippen molar-refractivity contribution in [3.8, 4) is 56.5 Å². The van der Waals surface area contributed by atoms with Gasteiger partial charge in [-0.3, -0.25) is 0 Å². The van der Waals surface area contributed by atoms with E-state index in [0.29, 0.717) is 23.2 Å². The number of benzene rings is 6. The van der Waals surface area contributed by atoms with E-state index in [1.54, 1.807) is 0 Å². The number of furan rings is 1. The Hall–Kier alpha value is -6.46. The molecule has 0 bridgehead atoms. The van der Waals surface area contributed by atoms with Gasteiger partial charge in [-0.2, -0.15) is 0 Å². The molecule has 6 aromatic carbocycles. The fourth-order valence-corrected chi connectivity index (χ4v) is 6.21. The maximum absolute atomic E-state index is 6.41. The van der Waals surface area contributed by atoms with E-state index in [0.717, 1.165) is 60.7 Å². The van der Waals surface area contributed by atoms with Crippen LogP contribution in [0.4, 0.5) is 0 Å². The van der Waals surface area contributed by atoms with Crippen LogP contribution in [0.3, 0.4) is 0 Å². The maximum atomic E-state index is 6.41. The SMILES string of the molecule is c1ccc(-c2ccc3nc(-c4nc(-c5ccccc5)nc(-c5cccc6oc7cc(-c8ccccc8)ccc7c56)n4)ccc3c2)cc1. The van der Waals surface area contributed by atoms with Gasteiger partial charge in [0.05, 0.1) is 5.52 Å². The molecule has 0 aliphatic carbocycles. The predicted molar refractivity (Wildman–Crippen MR) is 190 cm³/mol. The van der Waals surface area contributed by atoms with Crippen molar-refractivity contribution in [1.29, 1.82) is 0 Å². The molecular weight excluding hydrogens is 576 g/mol. The van der Waals surface area contributed by atoms with Crippen molar-refractivity contribution in [2.45, 2.75) is 0 Å². The predicted octanol–water partition coefficient (Wildman–Crippen LogP) is 10.7. The van der Waals surface area contributed by atoms with Crippen molar-refractivity contribution in [2.24, 2.45) is 0 Å². The van der Waals surface area contributed by atoms with Gasteiger partial charge in [-0.1, -0.05) is 121 Å². The van der Waals surface area contributed by atoms with Crippen LogP contribution in [0.1, 0.15) is 0 Å². The number of pyridine rings is 1. The first-order chi connectivity index (χ1) is 23.3. The Kier molecular flexibility index (Phi) is 6.39. The molecule has 0 aliphatic rings. The second-order valence-corrected chi connectivity index (χ2v) is 11.5. The Bertz CT molecular complexity index is 2560. The summed E-state index contributed by atoms with van der Waals surface area (Å²) >= 11 is 0. The normalized spacial score (nSPS) is 11.4. The molecule has 5 nitrogen and oxygen atoms in total. The average molecular weight is 603 g/mol. The molecule has 5 heteroatoms. The molecular formula is C42H26N4O. The molecule has 0 spiro atoms. The van der Waals surface area contributed by atoms with Crippen LogP contribution in [-0.4, -0.2) is 19.9 Å². The number of fused-ring (bicyclic) bond motifs is 4. The highest BCUT2D eigenvalue weighted by molar-refractivity contribution is 6.12. The highest BCUT2D eigenvalue weighted by Crippen LogP contribution is 2.38. The Morgan fingerprint density at radius 3 is 1.77 bits per heavy atom. The van der Waals surface area contributed by atoms with Crippen molar-refractivity contribution in [1.82, 2.24) is 19.9 Å². The Morgan fingerprint density at radius 2 is 1.02 bits per heavy atom. The Labute approximate surface area is 270 Å². The van der Waals surface area contributed by atoms with Gasteiger partial charge in [0.1, 0.15) is 16.9 Å². The van der Waals surface area contributed by atoms with Gasteiger partial charge in [-0.05, 0) is 58.7 Å². The van der Waals surface area contributed by atoms with Crippen LogP contribution in [0.5, 0.6) is 0 Å².